The summed E-state index contributed by atoms with van der Waals surface area (Å²) in [4.78, 5) is 13.4. The second-order valence-corrected chi connectivity index (χ2v) is 4.24. The number of halogens is 3. The molecule has 0 spiro atoms. The van der Waals surface area contributed by atoms with Crippen LogP contribution in [0.15, 0.2) is 23.2 Å². The maximum atomic E-state index is 13.9. The highest BCUT2D eigenvalue weighted by atomic mass is 19.3. The quantitative estimate of drug-likeness (QED) is 0.664. The Morgan fingerprint density at radius 3 is 2.85 bits per heavy atom. The molecule has 9 heteroatoms. The van der Waals surface area contributed by atoms with Gasteiger partial charge in [0.2, 0.25) is 0 Å². The number of alkyl halides is 2. The van der Waals surface area contributed by atoms with Gasteiger partial charge in [0.05, 0.1) is 4.92 Å². The third-order valence-electron chi connectivity index (χ3n) is 2.72. The molecule has 1 atom stereocenters. The highest BCUT2D eigenvalue weighted by Gasteiger charge is 2.44. The largest absolute Gasteiger partial charge is 0.386 e. The number of non-ortho nitro benzene ring substituents is 1. The lowest BCUT2D eigenvalue weighted by Gasteiger charge is -2.22. The van der Waals surface area contributed by atoms with Crippen LogP contribution >= 0.6 is 0 Å². The van der Waals surface area contributed by atoms with E-state index in [1.165, 1.54) is 0 Å². The number of rotatable bonds is 2. The molecule has 1 aliphatic heterocycles. The summed E-state index contributed by atoms with van der Waals surface area (Å²) < 4.78 is 46.1. The van der Waals surface area contributed by atoms with Crippen LogP contribution in [0.4, 0.5) is 18.9 Å². The molecule has 0 fully saturated rings. The first-order valence-electron chi connectivity index (χ1n) is 5.53. The Morgan fingerprint density at radius 1 is 1.50 bits per heavy atom. The van der Waals surface area contributed by atoms with E-state index in [4.69, 9.17) is 5.73 Å². The molecule has 108 valence electrons. The second kappa shape index (κ2) is 5.08. The van der Waals surface area contributed by atoms with Crippen molar-refractivity contribution < 1.29 is 22.8 Å². The molecule has 1 unspecified atom stereocenters. The first-order chi connectivity index (χ1) is 9.31. The highest BCUT2D eigenvalue weighted by Crippen LogP contribution is 2.38. The van der Waals surface area contributed by atoms with Crippen molar-refractivity contribution in [2.45, 2.75) is 12.0 Å². The van der Waals surface area contributed by atoms with Crippen molar-refractivity contribution in [3.8, 4) is 0 Å². The number of nitrogens with two attached hydrogens (primary N) is 1. The molecular formula is C11H10F3N3O3. The molecule has 0 aliphatic carbocycles. The summed E-state index contributed by atoms with van der Waals surface area (Å²) in [5.41, 5.74) is 4.28. The minimum Gasteiger partial charge on any atom is -0.386 e. The lowest BCUT2D eigenvalue weighted by molar-refractivity contribution is -0.385. The fourth-order valence-electron chi connectivity index (χ4n) is 1.82. The van der Waals surface area contributed by atoms with Gasteiger partial charge in [-0.05, 0) is 6.07 Å². The average Bonchev–Trinajstić information content (AvgIpc) is 2.48. The van der Waals surface area contributed by atoms with Gasteiger partial charge in [-0.25, -0.2) is 13.2 Å². The van der Waals surface area contributed by atoms with E-state index in [1.807, 2.05) is 0 Å². The first-order valence-corrected chi connectivity index (χ1v) is 5.53. The molecule has 0 bridgehead atoms. The molecule has 0 aromatic heterocycles. The predicted octanol–water partition coefficient (Wildman–Crippen LogP) is 1.80. The minimum atomic E-state index is -3.52. The van der Waals surface area contributed by atoms with Crippen molar-refractivity contribution in [2.24, 2.45) is 10.7 Å². The third-order valence-corrected chi connectivity index (χ3v) is 2.72. The Balaban J connectivity index is 2.54. The third kappa shape index (κ3) is 2.72. The lowest BCUT2D eigenvalue weighted by Crippen LogP contribution is -2.30. The van der Waals surface area contributed by atoms with Gasteiger partial charge >= 0.3 is 0 Å². The van der Waals surface area contributed by atoms with E-state index >= 15 is 0 Å². The fourth-order valence-corrected chi connectivity index (χ4v) is 1.82. The SMILES string of the molecule is NC1=NC(c2cc([N+](=O)[O-])ccc2F)C(F)(F)COC1. The molecule has 0 saturated heterocycles. The van der Waals surface area contributed by atoms with E-state index in [-0.39, 0.29) is 12.4 Å². The molecule has 0 saturated carbocycles. The molecule has 1 aromatic carbocycles. The molecule has 1 aromatic rings. The van der Waals surface area contributed by atoms with Gasteiger partial charge in [-0.1, -0.05) is 0 Å². The summed E-state index contributed by atoms with van der Waals surface area (Å²) in [6, 6.07) is 0.416. The Bertz CT molecular complexity index is 577. The Hall–Kier alpha value is -2.16. The van der Waals surface area contributed by atoms with Gasteiger partial charge in [-0.3, -0.25) is 15.1 Å². The molecule has 2 rings (SSSR count). The topological polar surface area (TPSA) is 90.8 Å². The summed E-state index contributed by atoms with van der Waals surface area (Å²) in [5, 5.41) is 10.7. The van der Waals surface area contributed by atoms with Crippen molar-refractivity contribution in [2.75, 3.05) is 13.2 Å². The molecular weight excluding hydrogens is 279 g/mol. The van der Waals surface area contributed by atoms with E-state index in [2.05, 4.69) is 9.73 Å². The number of amidine groups is 1. The number of hydrogen-bond donors (Lipinski definition) is 1. The lowest BCUT2D eigenvalue weighted by atomic mass is 10.0. The standard InChI is InChI=1S/C11H10F3N3O3/c12-8-2-1-6(17(18)19)3-7(8)10-11(13,14)5-20-4-9(15)16-10/h1-3,10H,4-5H2,(H2,15,16). The zero-order valence-corrected chi connectivity index (χ0v) is 10.1. The van der Waals surface area contributed by atoms with Gasteiger partial charge in [-0.2, -0.15) is 0 Å². The van der Waals surface area contributed by atoms with Crippen LogP contribution in [0.2, 0.25) is 0 Å². The van der Waals surface area contributed by atoms with E-state index in [1.54, 1.807) is 0 Å². The summed E-state index contributed by atoms with van der Waals surface area (Å²) in [5.74, 6) is -4.76. The van der Waals surface area contributed by atoms with Crippen molar-refractivity contribution in [1.82, 2.24) is 0 Å². The first kappa shape index (κ1) is 14.3. The summed E-state index contributed by atoms with van der Waals surface area (Å²) in [6.07, 6.45) is 0. The van der Waals surface area contributed by atoms with Gasteiger partial charge in [0.25, 0.3) is 11.6 Å². The van der Waals surface area contributed by atoms with Crippen LogP contribution in [-0.4, -0.2) is 29.9 Å². The number of nitro groups is 1. The van der Waals surface area contributed by atoms with Crippen LogP contribution < -0.4 is 5.73 Å². The molecule has 1 aliphatic rings. The summed E-state index contributed by atoms with van der Waals surface area (Å²) in [7, 11) is 0. The average molecular weight is 289 g/mol. The smallest absolute Gasteiger partial charge is 0.297 e. The van der Waals surface area contributed by atoms with Crippen LogP contribution in [0, 0.1) is 15.9 Å². The van der Waals surface area contributed by atoms with Crippen LogP contribution in [0.5, 0.6) is 0 Å². The number of ether oxygens (including phenoxy) is 1. The van der Waals surface area contributed by atoms with Crippen LogP contribution in [0.1, 0.15) is 11.6 Å². The molecule has 0 radical (unpaired) electrons. The number of nitro benzene ring substituents is 1. The second-order valence-electron chi connectivity index (χ2n) is 4.24. The number of hydrogen-bond acceptors (Lipinski definition) is 5. The predicted molar refractivity (Wildman–Crippen MR) is 63.2 cm³/mol. The summed E-state index contributed by atoms with van der Waals surface area (Å²) in [6.45, 7) is -1.30. The fraction of sp³-hybridized carbons (Fsp3) is 0.364. The zero-order valence-electron chi connectivity index (χ0n) is 10.1. The van der Waals surface area contributed by atoms with Crippen LogP contribution in [-0.2, 0) is 4.74 Å². The van der Waals surface area contributed by atoms with Crippen molar-refractivity contribution in [3.05, 3.63) is 39.7 Å². The van der Waals surface area contributed by atoms with Crippen molar-refractivity contribution >= 4 is 11.5 Å². The number of aliphatic imine (C=N–C) groups is 1. The van der Waals surface area contributed by atoms with Gasteiger partial charge < -0.3 is 10.5 Å². The normalized spacial score (nSPS) is 21.9. The van der Waals surface area contributed by atoms with Gasteiger partial charge in [0.1, 0.15) is 30.9 Å². The Morgan fingerprint density at radius 2 is 2.20 bits per heavy atom. The Labute approximate surface area is 111 Å². The van der Waals surface area contributed by atoms with E-state index < -0.39 is 40.6 Å². The molecule has 20 heavy (non-hydrogen) atoms. The van der Waals surface area contributed by atoms with E-state index in [9.17, 15) is 23.3 Å². The Kier molecular flexibility index (Phi) is 3.62. The number of nitrogens with zero attached hydrogens (tertiary/aromatic N) is 2. The van der Waals surface area contributed by atoms with Gasteiger partial charge in [-0.15, -0.1) is 0 Å². The molecule has 6 nitrogen and oxygen atoms in total. The van der Waals surface area contributed by atoms with Crippen LogP contribution in [0.25, 0.3) is 0 Å². The maximum absolute atomic E-state index is 13.9. The molecule has 1 heterocycles. The molecule has 0 amide bonds. The number of benzene rings is 1. The van der Waals surface area contributed by atoms with E-state index in [0.29, 0.717) is 0 Å². The minimum absolute atomic E-state index is 0.224. The maximum Gasteiger partial charge on any atom is 0.297 e. The van der Waals surface area contributed by atoms with Gasteiger partial charge in [0, 0.05) is 17.7 Å². The molecule has 2 N–H and O–H groups in total. The van der Waals surface area contributed by atoms with Crippen molar-refractivity contribution in [1.29, 1.82) is 0 Å². The van der Waals surface area contributed by atoms with Crippen molar-refractivity contribution in [3.63, 3.8) is 0 Å². The summed E-state index contributed by atoms with van der Waals surface area (Å²) >= 11 is 0. The monoisotopic (exact) mass is 289 g/mol. The van der Waals surface area contributed by atoms with E-state index in [0.717, 1.165) is 18.2 Å². The highest BCUT2D eigenvalue weighted by molar-refractivity contribution is 5.82. The zero-order chi connectivity index (χ0) is 14.9. The van der Waals surface area contributed by atoms with Crippen LogP contribution in [0.3, 0.4) is 0 Å². The van der Waals surface area contributed by atoms with Gasteiger partial charge in [0.15, 0.2) is 0 Å².